The quantitative estimate of drug-likeness (QED) is 0.744. The summed E-state index contributed by atoms with van der Waals surface area (Å²) >= 11 is 6.28. The molecule has 6 heteroatoms. The third-order valence-electron chi connectivity index (χ3n) is 4.46. The molecule has 0 radical (unpaired) electrons. The number of halogens is 1. The van der Waals surface area contributed by atoms with Crippen LogP contribution in [0.1, 0.15) is 28.3 Å². The second-order valence-corrected chi connectivity index (χ2v) is 6.82. The Hall–Kier alpha value is -2.50. The van der Waals surface area contributed by atoms with Gasteiger partial charge in [-0.25, -0.2) is 4.98 Å². The van der Waals surface area contributed by atoms with Gasteiger partial charge < -0.3 is 9.47 Å². The van der Waals surface area contributed by atoms with Crippen LogP contribution in [0.3, 0.4) is 0 Å². The van der Waals surface area contributed by atoms with Crippen LogP contribution >= 0.6 is 11.6 Å². The van der Waals surface area contributed by atoms with Crippen LogP contribution in [0.5, 0.6) is 5.75 Å². The number of rotatable bonds is 3. The molecule has 2 heterocycles. The van der Waals surface area contributed by atoms with Crippen molar-refractivity contribution in [1.82, 2.24) is 9.97 Å². The number of hydrogen-bond donors (Lipinski definition) is 0. The molecular formula is C21H21ClN2O3. The summed E-state index contributed by atoms with van der Waals surface area (Å²) in [6.45, 7) is 6.20. The molecule has 0 amide bonds. The highest BCUT2D eigenvalue weighted by molar-refractivity contribution is 6.32. The zero-order chi connectivity index (χ0) is 19.6. The number of methoxy groups -OCH3 is 1. The van der Waals surface area contributed by atoms with Crippen LogP contribution in [0.4, 0.5) is 0 Å². The Labute approximate surface area is 163 Å². The van der Waals surface area contributed by atoms with Crippen LogP contribution in [-0.4, -0.2) is 36.1 Å². The van der Waals surface area contributed by atoms with Gasteiger partial charge in [-0.15, -0.1) is 0 Å². The van der Waals surface area contributed by atoms with E-state index in [9.17, 15) is 4.79 Å². The summed E-state index contributed by atoms with van der Waals surface area (Å²) in [5.41, 5.74) is 5.05. The molecule has 1 aromatic heterocycles. The van der Waals surface area contributed by atoms with E-state index in [0.717, 1.165) is 22.6 Å². The molecule has 1 saturated heterocycles. The van der Waals surface area contributed by atoms with Gasteiger partial charge in [0.2, 0.25) is 0 Å². The summed E-state index contributed by atoms with van der Waals surface area (Å²) in [6.07, 6.45) is 3.52. The fraction of sp³-hybridized carbons (Fsp3) is 0.286. The highest BCUT2D eigenvalue weighted by Gasteiger charge is 2.22. The van der Waals surface area contributed by atoms with E-state index < -0.39 is 0 Å². The summed E-state index contributed by atoms with van der Waals surface area (Å²) in [5, 5.41) is 0.515. The van der Waals surface area contributed by atoms with Crippen LogP contribution in [0.2, 0.25) is 5.02 Å². The molecule has 0 aliphatic carbocycles. The number of benzene rings is 1. The van der Waals surface area contributed by atoms with Crippen LogP contribution in [-0.2, 0) is 9.53 Å². The lowest BCUT2D eigenvalue weighted by Gasteiger charge is -2.18. The van der Waals surface area contributed by atoms with Crippen LogP contribution in [0, 0.1) is 20.8 Å². The molecule has 3 rings (SSSR count). The second-order valence-electron chi connectivity index (χ2n) is 6.41. The van der Waals surface area contributed by atoms with Gasteiger partial charge in [-0.3, -0.25) is 9.78 Å². The average molecular weight is 385 g/mol. The van der Waals surface area contributed by atoms with E-state index in [0.29, 0.717) is 27.6 Å². The van der Waals surface area contributed by atoms with E-state index in [1.165, 1.54) is 0 Å². The first-order chi connectivity index (χ1) is 12.9. The van der Waals surface area contributed by atoms with Crippen LogP contribution in [0.25, 0.3) is 12.2 Å². The summed E-state index contributed by atoms with van der Waals surface area (Å²) in [7, 11) is 1.58. The first-order valence-corrected chi connectivity index (χ1v) is 8.96. The molecule has 1 aliphatic heterocycles. The fourth-order valence-corrected chi connectivity index (χ4v) is 3.02. The number of Topliss-reactive ketones (excluding diaryl/α,β-unsaturated/α-hetero) is 1. The van der Waals surface area contributed by atoms with Crippen molar-refractivity contribution >= 4 is 29.5 Å². The third-order valence-corrected chi connectivity index (χ3v) is 4.79. The molecule has 1 aliphatic rings. The second kappa shape index (κ2) is 8.03. The highest BCUT2D eigenvalue weighted by atomic mass is 35.5. The molecule has 27 heavy (non-hydrogen) atoms. The van der Waals surface area contributed by atoms with Gasteiger partial charge in [0.15, 0.2) is 5.78 Å². The monoisotopic (exact) mass is 384 g/mol. The maximum atomic E-state index is 12.9. The maximum absolute atomic E-state index is 12.9. The topological polar surface area (TPSA) is 61.3 Å². The molecule has 2 aromatic rings. The normalized spacial score (nSPS) is 17.6. The Morgan fingerprint density at radius 3 is 2.37 bits per heavy atom. The summed E-state index contributed by atoms with van der Waals surface area (Å²) < 4.78 is 10.8. The van der Waals surface area contributed by atoms with Crippen molar-refractivity contribution in [3.05, 3.63) is 62.7 Å². The third kappa shape index (κ3) is 4.26. The van der Waals surface area contributed by atoms with Gasteiger partial charge in [-0.2, -0.15) is 0 Å². The molecule has 0 atom stereocenters. The van der Waals surface area contributed by atoms with Gasteiger partial charge >= 0.3 is 0 Å². The van der Waals surface area contributed by atoms with Crippen molar-refractivity contribution in [3.8, 4) is 5.75 Å². The number of aryl methyl sites for hydroxylation is 3. The zero-order valence-corrected chi connectivity index (χ0v) is 16.6. The number of ether oxygens (including phenoxy) is 2. The van der Waals surface area contributed by atoms with Crippen molar-refractivity contribution < 1.29 is 14.3 Å². The predicted octanol–water partition coefficient (Wildman–Crippen LogP) is 4.13. The van der Waals surface area contributed by atoms with E-state index in [1.54, 1.807) is 31.4 Å². The Morgan fingerprint density at radius 1 is 1.04 bits per heavy atom. The first-order valence-electron chi connectivity index (χ1n) is 8.58. The largest absolute Gasteiger partial charge is 0.497 e. The van der Waals surface area contributed by atoms with E-state index in [1.807, 2.05) is 26.8 Å². The molecule has 1 aromatic carbocycles. The van der Waals surface area contributed by atoms with Gasteiger partial charge in [0.25, 0.3) is 0 Å². The molecule has 140 valence electrons. The van der Waals surface area contributed by atoms with Crippen LogP contribution < -0.4 is 4.74 Å². The molecule has 1 fully saturated rings. The van der Waals surface area contributed by atoms with Gasteiger partial charge in [-0.1, -0.05) is 11.6 Å². The molecule has 0 bridgehead atoms. The number of nitrogens with zero attached hydrogens (tertiary/aromatic N) is 2. The minimum atomic E-state index is -0.0624. The van der Waals surface area contributed by atoms with E-state index >= 15 is 0 Å². The SMILES string of the molecule is COc1ccc(/C=C2\COC/C(=C\c3nc(C)c(C)nc3C)C2=O)c(Cl)c1. The standard InChI is InChI=1S/C21H21ClN2O3/c1-12-13(2)24-20(14(3)23-12)8-17-11-27-10-16(21(17)25)7-15-5-6-18(26-4)9-19(15)22/h5-9H,10-11H2,1-4H3/b16-7+,17-8+. The van der Waals surface area contributed by atoms with Crippen molar-refractivity contribution in [2.45, 2.75) is 20.8 Å². The molecule has 5 nitrogen and oxygen atoms in total. The first kappa shape index (κ1) is 19.3. The lowest BCUT2D eigenvalue weighted by Crippen LogP contribution is -2.22. The van der Waals surface area contributed by atoms with E-state index in [4.69, 9.17) is 21.1 Å². The van der Waals surface area contributed by atoms with Gasteiger partial charge in [0, 0.05) is 11.1 Å². The molecular weight excluding hydrogens is 364 g/mol. The van der Waals surface area contributed by atoms with Gasteiger partial charge in [-0.05, 0) is 56.7 Å². The van der Waals surface area contributed by atoms with Crippen molar-refractivity contribution in [1.29, 1.82) is 0 Å². The smallest absolute Gasteiger partial charge is 0.189 e. The molecule has 0 spiro atoms. The number of carbonyl (C=O) groups excluding carboxylic acids is 1. The maximum Gasteiger partial charge on any atom is 0.189 e. The summed E-state index contributed by atoms with van der Waals surface area (Å²) in [5.74, 6) is 0.602. The van der Waals surface area contributed by atoms with Crippen molar-refractivity contribution in [2.75, 3.05) is 20.3 Å². The Bertz CT molecular complexity index is 964. The number of ketones is 1. The molecule has 0 N–H and O–H groups in total. The minimum Gasteiger partial charge on any atom is -0.497 e. The number of aromatic nitrogens is 2. The fourth-order valence-electron chi connectivity index (χ4n) is 2.80. The number of carbonyl (C=O) groups is 1. The van der Waals surface area contributed by atoms with Crippen molar-refractivity contribution in [3.63, 3.8) is 0 Å². The van der Waals surface area contributed by atoms with Crippen LogP contribution in [0.15, 0.2) is 29.3 Å². The highest BCUT2D eigenvalue weighted by Crippen LogP contribution is 2.26. The van der Waals surface area contributed by atoms with E-state index in [-0.39, 0.29) is 19.0 Å². The Balaban J connectivity index is 1.93. The Kier molecular flexibility index (Phi) is 5.73. The van der Waals surface area contributed by atoms with Gasteiger partial charge in [0.05, 0.1) is 48.1 Å². The Morgan fingerprint density at radius 2 is 1.70 bits per heavy atom. The lowest BCUT2D eigenvalue weighted by atomic mass is 9.98. The van der Waals surface area contributed by atoms with Crippen molar-refractivity contribution in [2.24, 2.45) is 0 Å². The summed E-state index contributed by atoms with van der Waals surface area (Å²) in [4.78, 5) is 21.9. The zero-order valence-electron chi connectivity index (χ0n) is 15.8. The molecule has 0 unspecified atom stereocenters. The lowest BCUT2D eigenvalue weighted by molar-refractivity contribution is -0.114. The predicted molar refractivity (Wildman–Crippen MR) is 106 cm³/mol. The minimum absolute atomic E-state index is 0.0624. The van der Waals surface area contributed by atoms with Gasteiger partial charge in [0.1, 0.15) is 5.75 Å². The average Bonchev–Trinajstić information content (AvgIpc) is 2.64. The van der Waals surface area contributed by atoms with E-state index in [2.05, 4.69) is 9.97 Å². The summed E-state index contributed by atoms with van der Waals surface area (Å²) in [6, 6.07) is 5.34. The molecule has 0 saturated carbocycles. The number of hydrogen-bond acceptors (Lipinski definition) is 5.